The van der Waals surface area contributed by atoms with Crippen molar-refractivity contribution in [2.45, 2.75) is 32.7 Å². The molecule has 1 saturated carbocycles. The zero-order valence-corrected chi connectivity index (χ0v) is 7.30. The highest BCUT2D eigenvalue weighted by Gasteiger charge is 2.30. The highest BCUT2D eigenvalue weighted by atomic mass is 14.9. The largest absolute Gasteiger partial charge is 0.302 e. The fraction of sp³-hybridized carbons (Fsp3) is 0.889. The van der Waals surface area contributed by atoms with E-state index in [0.717, 1.165) is 11.8 Å². The molecule has 1 aliphatic rings. The van der Waals surface area contributed by atoms with Crippen LogP contribution in [0.5, 0.6) is 0 Å². The molecule has 1 rings (SSSR count). The maximum atomic E-state index is 8.30. The zero-order chi connectivity index (χ0) is 8.27. The Balaban J connectivity index is 2.06. The Kier molecular flexibility index (Phi) is 2.90. The highest BCUT2D eigenvalue weighted by Crippen LogP contribution is 2.33. The summed E-state index contributed by atoms with van der Waals surface area (Å²) in [5.74, 6) is 1.71. The maximum Gasteiger partial charge on any atom is 0.0843 e. The lowest BCUT2D eigenvalue weighted by Crippen LogP contribution is -2.43. The molecule has 1 fully saturated rings. The second-order valence-corrected chi connectivity index (χ2v) is 3.71. The molecule has 62 valence electrons. The van der Waals surface area contributed by atoms with Gasteiger partial charge < -0.3 is 5.32 Å². The topological polar surface area (TPSA) is 35.8 Å². The van der Waals surface area contributed by atoms with E-state index in [2.05, 4.69) is 25.2 Å². The summed E-state index contributed by atoms with van der Waals surface area (Å²) in [6.07, 6.45) is 2.53. The molecule has 0 aromatic carbocycles. The first-order valence-electron chi connectivity index (χ1n) is 4.34. The van der Waals surface area contributed by atoms with E-state index in [0.29, 0.717) is 12.6 Å². The van der Waals surface area contributed by atoms with Gasteiger partial charge in [0.25, 0.3) is 0 Å². The van der Waals surface area contributed by atoms with Gasteiger partial charge in [0.05, 0.1) is 12.6 Å². The van der Waals surface area contributed by atoms with E-state index < -0.39 is 0 Å². The predicted molar refractivity (Wildman–Crippen MR) is 45.0 cm³/mol. The predicted octanol–water partition coefficient (Wildman–Crippen LogP) is 1.53. The minimum Gasteiger partial charge on any atom is -0.302 e. The molecule has 2 nitrogen and oxygen atoms in total. The number of nitrogens with zero attached hydrogens (tertiary/aromatic N) is 1. The Bertz CT molecular complexity index is 151. The molecule has 0 radical (unpaired) electrons. The molecule has 0 aliphatic heterocycles. The van der Waals surface area contributed by atoms with E-state index in [-0.39, 0.29) is 0 Å². The van der Waals surface area contributed by atoms with E-state index >= 15 is 0 Å². The number of rotatable bonds is 3. The van der Waals surface area contributed by atoms with Crippen molar-refractivity contribution in [2.24, 2.45) is 11.8 Å². The van der Waals surface area contributed by atoms with Crippen LogP contribution in [0, 0.1) is 23.2 Å². The van der Waals surface area contributed by atoms with Gasteiger partial charge in [0.15, 0.2) is 0 Å². The van der Waals surface area contributed by atoms with E-state index in [1.165, 1.54) is 12.8 Å². The lowest BCUT2D eigenvalue weighted by molar-refractivity contribution is 0.173. The van der Waals surface area contributed by atoms with Crippen molar-refractivity contribution < 1.29 is 0 Å². The summed E-state index contributed by atoms with van der Waals surface area (Å²) in [5.41, 5.74) is 0. The molecular weight excluding hydrogens is 136 g/mol. The Morgan fingerprint density at radius 2 is 2.18 bits per heavy atom. The second kappa shape index (κ2) is 3.73. The SMILES string of the molecule is CC(C)C1CC(NCC#N)C1. The van der Waals surface area contributed by atoms with Gasteiger partial charge in [-0.05, 0) is 24.7 Å². The zero-order valence-electron chi connectivity index (χ0n) is 7.30. The monoisotopic (exact) mass is 152 g/mol. The van der Waals surface area contributed by atoms with Gasteiger partial charge in [-0.15, -0.1) is 0 Å². The van der Waals surface area contributed by atoms with Crippen LogP contribution in [0.2, 0.25) is 0 Å². The molecule has 0 aromatic heterocycles. The minimum absolute atomic E-state index is 0.509. The molecule has 0 amide bonds. The summed E-state index contributed by atoms with van der Waals surface area (Å²) in [7, 11) is 0. The fourth-order valence-corrected chi connectivity index (χ4v) is 1.56. The Hall–Kier alpha value is -0.550. The summed E-state index contributed by atoms with van der Waals surface area (Å²) >= 11 is 0. The van der Waals surface area contributed by atoms with Gasteiger partial charge in [-0.3, -0.25) is 0 Å². The van der Waals surface area contributed by atoms with E-state index in [4.69, 9.17) is 5.26 Å². The van der Waals surface area contributed by atoms with Crippen LogP contribution in [-0.4, -0.2) is 12.6 Å². The van der Waals surface area contributed by atoms with Gasteiger partial charge in [0.1, 0.15) is 0 Å². The molecule has 0 atom stereocenters. The lowest BCUT2D eigenvalue weighted by Gasteiger charge is -2.38. The summed E-state index contributed by atoms with van der Waals surface area (Å²) < 4.78 is 0. The van der Waals surface area contributed by atoms with Crippen LogP contribution >= 0.6 is 0 Å². The molecule has 0 heterocycles. The van der Waals surface area contributed by atoms with Crippen LogP contribution in [0.15, 0.2) is 0 Å². The number of hydrogen-bond donors (Lipinski definition) is 1. The smallest absolute Gasteiger partial charge is 0.0843 e. The first-order chi connectivity index (χ1) is 5.24. The van der Waals surface area contributed by atoms with Gasteiger partial charge in [-0.25, -0.2) is 0 Å². The van der Waals surface area contributed by atoms with Crippen molar-refractivity contribution in [1.29, 1.82) is 5.26 Å². The molecule has 1 N–H and O–H groups in total. The summed E-state index contributed by atoms with van der Waals surface area (Å²) in [5, 5.41) is 11.5. The average molecular weight is 152 g/mol. The van der Waals surface area contributed by atoms with Crippen LogP contribution < -0.4 is 5.32 Å². The second-order valence-electron chi connectivity index (χ2n) is 3.71. The molecule has 1 aliphatic carbocycles. The summed E-state index contributed by atoms with van der Waals surface area (Å²) in [6, 6.07) is 2.73. The van der Waals surface area contributed by atoms with E-state index in [1.54, 1.807) is 0 Å². The standard InChI is InChI=1S/C9H16N2/c1-7(2)8-5-9(6-8)11-4-3-10/h7-9,11H,4-6H2,1-2H3. The van der Waals surface area contributed by atoms with Gasteiger partial charge in [-0.2, -0.15) is 5.26 Å². The van der Waals surface area contributed by atoms with Crippen LogP contribution in [-0.2, 0) is 0 Å². The minimum atomic E-state index is 0.509. The van der Waals surface area contributed by atoms with E-state index in [1.807, 2.05) is 0 Å². The molecule has 0 bridgehead atoms. The Morgan fingerprint density at radius 1 is 1.55 bits per heavy atom. The van der Waals surface area contributed by atoms with Crippen molar-refractivity contribution in [3.8, 4) is 6.07 Å². The fourth-order valence-electron chi connectivity index (χ4n) is 1.56. The van der Waals surface area contributed by atoms with Crippen LogP contribution in [0.4, 0.5) is 0 Å². The normalized spacial score (nSPS) is 29.6. The third-order valence-electron chi connectivity index (χ3n) is 2.59. The van der Waals surface area contributed by atoms with Crippen molar-refractivity contribution in [2.75, 3.05) is 6.54 Å². The molecule has 0 unspecified atom stereocenters. The number of nitrogens with one attached hydrogen (secondary N) is 1. The quantitative estimate of drug-likeness (QED) is 0.622. The van der Waals surface area contributed by atoms with Gasteiger partial charge in [0, 0.05) is 6.04 Å². The molecule has 0 spiro atoms. The van der Waals surface area contributed by atoms with Gasteiger partial charge in [-0.1, -0.05) is 13.8 Å². The average Bonchev–Trinajstić information content (AvgIpc) is 1.84. The summed E-state index contributed by atoms with van der Waals surface area (Å²) in [6.45, 7) is 5.05. The molecule has 0 aromatic rings. The third kappa shape index (κ3) is 2.20. The maximum absolute atomic E-state index is 8.30. The lowest BCUT2D eigenvalue weighted by atomic mass is 9.74. The molecule has 11 heavy (non-hydrogen) atoms. The Morgan fingerprint density at radius 3 is 2.64 bits per heavy atom. The Labute approximate surface area is 68.6 Å². The van der Waals surface area contributed by atoms with Gasteiger partial charge in [0.2, 0.25) is 0 Å². The van der Waals surface area contributed by atoms with Crippen molar-refractivity contribution in [3.63, 3.8) is 0 Å². The highest BCUT2D eigenvalue weighted by molar-refractivity contribution is 4.89. The molecule has 0 saturated heterocycles. The van der Waals surface area contributed by atoms with Crippen molar-refractivity contribution in [3.05, 3.63) is 0 Å². The van der Waals surface area contributed by atoms with Crippen LogP contribution in [0.1, 0.15) is 26.7 Å². The number of hydrogen-bond acceptors (Lipinski definition) is 2. The van der Waals surface area contributed by atoms with Crippen LogP contribution in [0.3, 0.4) is 0 Å². The number of nitriles is 1. The van der Waals surface area contributed by atoms with Crippen molar-refractivity contribution >= 4 is 0 Å². The van der Waals surface area contributed by atoms with Crippen molar-refractivity contribution in [1.82, 2.24) is 5.32 Å². The third-order valence-corrected chi connectivity index (χ3v) is 2.59. The van der Waals surface area contributed by atoms with Gasteiger partial charge >= 0.3 is 0 Å². The molecule has 2 heteroatoms. The summed E-state index contributed by atoms with van der Waals surface area (Å²) in [4.78, 5) is 0. The first kappa shape index (κ1) is 8.55. The van der Waals surface area contributed by atoms with Crippen LogP contribution in [0.25, 0.3) is 0 Å². The van der Waals surface area contributed by atoms with E-state index in [9.17, 15) is 0 Å². The molecular formula is C9H16N2. The first-order valence-corrected chi connectivity index (χ1v) is 4.34.